The molecule has 1 unspecified atom stereocenters. The first kappa shape index (κ1) is 16.5. The predicted octanol–water partition coefficient (Wildman–Crippen LogP) is 4.66. The van der Waals surface area contributed by atoms with Crippen LogP contribution in [0.5, 0.6) is 5.75 Å². The van der Waals surface area contributed by atoms with E-state index in [9.17, 15) is 5.11 Å². The molecule has 0 bridgehead atoms. The van der Waals surface area contributed by atoms with E-state index in [4.69, 9.17) is 4.74 Å². The maximum atomic E-state index is 10.3. The number of aliphatic hydroxyl groups excluding tert-OH is 1. The van der Waals surface area contributed by atoms with Crippen LogP contribution >= 0.6 is 0 Å². The fraction of sp³-hybridized carbons (Fsp3) is 0.421. The Kier molecular flexibility index (Phi) is 6.91. The van der Waals surface area contributed by atoms with E-state index in [2.05, 4.69) is 11.9 Å². The summed E-state index contributed by atoms with van der Waals surface area (Å²) < 4.78 is 5.75. The van der Waals surface area contributed by atoms with Crippen LogP contribution in [0.15, 0.2) is 48.7 Å². The van der Waals surface area contributed by atoms with Crippen molar-refractivity contribution in [2.45, 2.75) is 51.7 Å². The van der Waals surface area contributed by atoms with Crippen molar-refractivity contribution >= 4 is 0 Å². The van der Waals surface area contributed by atoms with E-state index >= 15 is 0 Å². The smallest absolute Gasteiger partial charge is 0.130 e. The zero-order valence-electron chi connectivity index (χ0n) is 13.2. The van der Waals surface area contributed by atoms with Crippen LogP contribution in [0.3, 0.4) is 0 Å². The standard InChI is InChI=1S/C19H25NO2/c1-2-3-4-5-12-19(21)16-9-8-11-18(14-16)22-15-17-10-6-7-13-20-17/h6-11,13-14,19,21H,2-5,12,15H2,1H3. The first-order valence-electron chi connectivity index (χ1n) is 8.10. The molecule has 2 aromatic rings. The van der Waals surface area contributed by atoms with Crippen LogP contribution in [0, 0.1) is 0 Å². The second-order valence-electron chi connectivity index (χ2n) is 5.55. The second-order valence-corrected chi connectivity index (χ2v) is 5.55. The molecule has 0 radical (unpaired) electrons. The van der Waals surface area contributed by atoms with E-state index in [0.29, 0.717) is 6.61 Å². The molecular weight excluding hydrogens is 274 g/mol. The van der Waals surface area contributed by atoms with E-state index in [1.807, 2.05) is 42.5 Å². The van der Waals surface area contributed by atoms with Crippen molar-refractivity contribution in [2.75, 3.05) is 0 Å². The van der Waals surface area contributed by atoms with Crippen molar-refractivity contribution < 1.29 is 9.84 Å². The van der Waals surface area contributed by atoms with E-state index in [1.165, 1.54) is 19.3 Å². The molecule has 22 heavy (non-hydrogen) atoms. The lowest BCUT2D eigenvalue weighted by molar-refractivity contribution is 0.162. The van der Waals surface area contributed by atoms with Crippen molar-refractivity contribution in [2.24, 2.45) is 0 Å². The minimum atomic E-state index is -0.407. The molecule has 2 rings (SSSR count). The van der Waals surface area contributed by atoms with Crippen LogP contribution in [-0.4, -0.2) is 10.1 Å². The quantitative estimate of drug-likeness (QED) is 0.684. The summed E-state index contributed by atoms with van der Waals surface area (Å²) in [6, 6.07) is 13.5. The Bertz CT molecular complexity index is 542. The highest BCUT2D eigenvalue weighted by Gasteiger charge is 2.08. The highest BCUT2D eigenvalue weighted by molar-refractivity contribution is 5.30. The van der Waals surface area contributed by atoms with E-state index in [-0.39, 0.29) is 0 Å². The molecular formula is C19H25NO2. The number of hydrogen-bond acceptors (Lipinski definition) is 3. The molecule has 118 valence electrons. The molecule has 0 fully saturated rings. The maximum absolute atomic E-state index is 10.3. The Labute approximate surface area is 133 Å². The number of aromatic nitrogens is 1. The molecule has 0 aliphatic carbocycles. The number of benzene rings is 1. The summed E-state index contributed by atoms with van der Waals surface area (Å²) >= 11 is 0. The summed E-state index contributed by atoms with van der Waals surface area (Å²) in [5, 5.41) is 10.3. The first-order chi connectivity index (χ1) is 10.8. The van der Waals surface area contributed by atoms with Crippen LogP contribution in [0.1, 0.15) is 56.4 Å². The van der Waals surface area contributed by atoms with Gasteiger partial charge in [-0.3, -0.25) is 4.98 Å². The summed E-state index contributed by atoms with van der Waals surface area (Å²) in [6.07, 6.45) is 6.86. The van der Waals surface area contributed by atoms with Gasteiger partial charge in [-0.15, -0.1) is 0 Å². The van der Waals surface area contributed by atoms with Crippen LogP contribution in [0.2, 0.25) is 0 Å². The zero-order valence-corrected chi connectivity index (χ0v) is 13.2. The third kappa shape index (κ3) is 5.49. The van der Waals surface area contributed by atoms with Crippen molar-refractivity contribution in [1.82, 2.24) is 4.98 Å². The van der Waals surface area contributed by atoms with E-state index in [1.54, 1.807) is 6.20 Å². The summed E-state index contributed by atoms with van der Waals surface area (Å²) in [4.78, 5) is 4.23. The Morgan fingerprint density at radius 1 is 1.09 bits per heavy atom. The van der Waals surface area contributed by atoms with Gasteiger partial charge in [0.15, 0.2) is 0 Å². The van der Waals surface area contributed by atoms with Crippen molar-refractivity contribution in [3.8, 4) is 5.75 Å². The number of ether oxygens (including phenoxy) is 1. The summed E-state index contributed by atoms with van der Waals surface area (Å²) in [5.74, 6) is 0.774. The minimum absolute atomic E-state index is 0.407. The lowest BCUT2D eigenvalue weighted by Gasteiger charge is -2.13. The molecule has 1 aromatic heterocycles. The number of unbranched alkanes of at least 4 members (excludes halogenated alkanes) is 3. The average molecular weight is 299 g/mol. The first-order valence-corrected chi connectivity index (χ1v) is 8.10. The van der Waals surface area contributed by atoms with Gasteiger partial charge in [-0.25, -0.2) is 0 Å². The van der Waals surface area contributed by atoms with Gasteiger partial charge < -0.3 is 9.84 Å². The summed E-state index contributed by atoms with van der Waals surface area (Å²) in [6.45, 7) is 2.63. The topological polar surface area (TPSA) is 42.4 Å². The highest BCUT2D eigenvalue weighted by Crippen LogP contribution is 2.24. The monoisotopic (exact) mass is 299 g/mol. The molecule has 0 saturated carbocycles. The van der Waals surface area contributed by atoms with E-state index in [0.717, 1.165) is 29.8 Å². The number of pyridine rings is 1. The molecule has 0 aliphatic rings. The van der Waals surface area contributed by atoms with Gasteiger partial charge in [0.1, 0.15) is 12.4 Å². The van der Waals surface area contributed by atoms with E-state index < -0.39 is 6.10 Å². The lowest BCUT2D eigenvalue weighted by Crippen LogP contribution is -2.00. The van der Waals surface area contributed by atoms with Crippen LogP contribution in [0.25, 0.3) is 0 Å². The molecule has 1 aromatic carbocycles. The minimum Gasteiger partial charge on any atom is -0.487 e. The van der Waals surface area contributed by atoms with Crippen molar-refractivity contribution in [3.05, 3.63) is 59.9 Å². The van der Waals surface area contributed by atoms with Gasteiger partial charge in [0.05, 0.1) is 11.8 Å². The Balaban J connectivity index is 1.86. The van der Waals surface area contributed by atoms with Gasteiger partial charge in [-0.05, 0) is 36.2 Å². The number of aliphatic hydroxyl groups is 1. The summed E-state index contributed by atoms with van der Waals surface area (Å²) in [5.41, 5.74) is 1.82. The zero-order chi connectivity index (χ0) is 15.6. The third-order valence-electron chi connectivity index (χ3n) is 3.69. The van der Waals surface area contributed by atoms with Crippen LogP contribution in [0.4, 0.5) is 0 Å². The Morgan fingerprint density at radius 3 is 2.77 bits per heavy atom. The van der Waals surface area contributed by atoms with Crippen molar-refractivity contribution in [1.29, 1.82) is 0 Å². The molecule has 3 nitrogen and oxygen atoms in total. The molecule has 3 heteroatoms. The van der Waals surface area contributed by atoms with Crippen LogP contribution in [-0.2, 0) is 6.61 Å². The average Bonchev–Trinajstić information content (AvgIpc) is 2.58. The highest BCUT2D eigenvalue weighted by atomic mass is 16.5. The van der Waals surface area contributed by atoms with Gasteiger partial charge in [0.2, 0.25) is 0 Å². The normalized spacial score (nSPS) is 12.1. The molecule has 0 aliphatic heterocycles. The summed E-state index contributed by atoms with van der Waals surface area (Å²) in [7, 11) is 0. The van der Waals surface area contributed by atoms with Gasteiger partial charge in [0, 0.05) is 6.20 Å². The fourth-order valence-corrected chi connectivity index (χ4v) is 2.38. The Hall–Kier alpha value is -1.87. The fourth-order valence-electron chi connectivity index (χ4n) is 2.38. The van der Waals surface area contributed by atoms with Gasteiger partial charge in [-0.2, -0.15) is 0 Å². The largest absolute Gasteiger partial charge is 0.487 e. The number of rotatable bonds is 9. The Morgan fingerprint density at radius 2 is 2.00 bits per heavy atom. The van der Waals surface area contributed by atoms with Gasteiger partial charge in [0.25, 0.3) is 0 Å². The molecule has 0 amide bonds. The van der Waals surface area contributed by atoms with Crippen LogP contribution < -0.4 is 4.74 Å². The van der Waals surface area contributed by atoms with Gasteiger partial charge in [-0.1, -0.05) is 50.8 Å². The predicted molar refractivity (Wildman–Crippen MR) is 88.7 cm³/mol. The third-order valence-corrected chi connectivity index (χ3v) is 3.69. The molecule has 1 atom stereocenters. The molecule has 0 spiro atoms. The van der Waals surface area contributed by atoms with Crippen molar-refractivity contribution in [3.63, 3.8) is 0 Å². The molecule has 1 heterocycles. The number of hydrogen-bond donors (Lipinski definition) is 1. The SMILES string of the molecule is CCCCCCC(O)c1cccc(OCc2ccccn2)c1. The lowest BCUT2D eigenvalue weighted by atomic mass is 10.0. The second kappa shape index (κ2) is 9.21. The number of nitrogens with zero attached hydrogens (tertiary/aromatic N) is 1. The van der Waals surface area contributed by atoms with Gasteiger partial charge >= 0.3 is 0 Å². The maximum Gasteiger partial charge on any atom is 0.130 e. The molecule has 0 saturated heterocycles. The molecule has 1 N–H and O–H groups in total.